The van der Waals surface area contributed by atoms with Crippen LogP contribution in [0.5, 0.6) is 0 Å². The molecule has 0 aliphatic heterocycles. The summed E-state index contributed by atoms with van der Waals surface area (Å²) in [6, 6.07) is 0.966. The number of hydrogen-bond donors (Lipinski definition) is 0. The first-order valence-corrected chi connectivity index (χ1v) is 3.26. The summed E-state index contributed by atoms with van der Waals surface area (Å²) in [6.07, 6.45) is 0.778. The average Bonchev–Trinajstić information content (AvgIpc) is 1.93. The summed E-state index contributed by atoms with van der Waals surface area (Å²) < 4.78 is 12.8. The molecule has 6 heteroatoms. The molecule has 1 aromatic rings. The average molecular weight is 256 g/mol. The van der Waals surface area contributed by atoms with Crippen LogP contribution in [0.1, 0.15) is 0 Å². The normalized spacial score (nSPS) is 9.80. The highest BCUT2D eigenvalue weighted by molar-refractivity contribution is 14.1. The van der Waals surface area contributed by atoms with Gasteiger partial charge in [-0.15, -0.1) is 4.79 Å². The Labute approximate surface area is 68.3 Å². The predicted molar refractivity (Wildman–Crippen MR) is 40.9 cm³/mol. The van der Waals surface area contributed by atoms with Crippen LogP contribution >= 0.6 is 22.9 Å². The summed E-state index contributed by atoms with van der Waals surface area (Å²) in [5.74, 6) is 0. The zero-order chi connectivity index (χ0) is 7.72. The van der Waals surface area contributed by atoms with Gasteiger partial charge in [0.15, 0.2) is 0 Å². The molecule has 0 radical (unpaired) electrons. The molecule has 0 unspecified atom stereocenters. The third-order valence-electron chi connectivity index (χ3n) is 0.892. The van der Waals surface area contributed by atoms with Crippen molar-refractivity contribution in [2.45, 2.75) is 0 Å². The minimum atomic E-state index is -0.979. The van der Waals surface area contributed by atoms with Crippen molar-refractivity contribution in [2.75, 3.05) is 0 Å². The maximum atomic E-state index is 12.2. The van der Waals surface area contributed by atoms with Gasteiger partial charge >= 0.3 is 5.69 Å². The van der Waals surface area contributed by atoms with Gasteiger partial charge in [0, 0.05) is 12.3 Å². The summed E-state index contributed by atoms with van der Waals surface area (Å²) >= 11 is 1.43. The van der Waals surface area contributed by atoms with E-state index in [0.717, 1.165) is 12.3 Å². The van der Waals surface area contributed by atoms with E-state index < -0.39 is 11.2 Å². The molecule has 0 saturated heterocycles. The first-order chi connectivity index (χ1) is 4.63. The molecule has 0 aliphatic carbocycles. The molecule has 0 fully saturated rings. The van der Waals surface area contributed by atoms with Gasteiger partial charge in [-0.3, -0.25) is 4.79 Å². The highest BCUT2D eigenvalue weighted by atomic mass is 127. The van der Waals surface area contributed by atoms with Gasteiger partial charge < -0.3 is 0 Å². The van der Waals surface area contributed by atoms with Crippen molar-refractivity contribution in [2.24, 2.45) is 0 Å². The lowest BCUT2D eigenvalue weighted by Gasteiger charge is -1.91. The van der Waals surface area contributed by atoms with Crippen LogP contribution < -0.4 is 11.2 Å². The third-order valence-corrected chi connectivity index (χ3v) is 1.78. The Bertz CT molecular complexity index is 355. The van der Waals surface area contributed by atoms with Crippen molar-refractivity contribution in [3.8, 4) is 0 Å². The quantitative estimate of drug-likeness (QED) is 0.610. The Kier molecular flexibility index (Phi) is 1.88. The zero-order valence-corrected chi connectivity index (χ0v) is 6.78. The first-order valence-electron chi connectivity index (χ1n) is 2.30. The molecule has 1 aromatic heterocycles. The highest BCUT2D eigenvalue weighted by Gasteiger charge is 1.98. The summed E-state index contributed by atoms with van der Waals surface area (Å²) in [5, 5.41) is 0. The van der Waals surface area contributed by atoms with Gasteiger partial charge in [0.05, 0.1) is 22.9 Å². The maximum Gasteiger partial charge on any atom is 0.368 e. The summed E-state index contributed by atoms with van der Waals surface area (Å²) in [5.41, 5.74) is -1.51. The summed E-state index contributed by atoms with van der Waals surface area (Å²) in [6.45, 7) is 0. The Hall–Kier alpha value is -0.660. The minimum Gasteiger partial charge on any atom is -0.268 e. The third kappa shape index (κ3) is 1.11. The molecule has 10 heavy (non-hydrogen) atoms. The standard InChI is InChI=1S/C4H2FIN2O2/c5-7-2-1-3(9)8(6)4(7)10/h1-2H. The van der Waals surface area contributed by atoms with Gasteiger partial charge in [0.25, 0.3) is 5.56 Å². The van der Waals surface area contributed by atoms with Gasteiger partial charge in [-0.2, -0.15) is 2.78 Å². The number of aromatic nitrogens is 2. The maximum absolute atomic E-state index is 12.2. The molecule has 4 nitrogen and oxygen atoms in total. The van der Waals surface area contributed by atoms with E-state index in [4.69, 9.17) is 0 Å². The van der Waals surface area contributed by atoms with Gasteiger partial charge in [-0.1, -0.05) is 4.48 Å². The van der Waals surface area contributed by atoms with E-state index >= 15 is 0 Å². The number of rotatable bonds is 0. The smallest absolute Gasteiger partial charge is 0.268 e. The summed E-state index contributed by atoms with van der Waals surface area (Å²) in [7, 11) is 0. The van der Waals surface area contributed by atoms with Crippen LogP contribution in [0.2, 0.25) is 0 Å². The Morgan fingerprint density at radius 1 is 1.50 bits per heavy atom. The lowest BCUT2D eigenvalue weighted by atomic mass is 10.7. The lowest BCUT2D eigenvalue weighted by Crippen LogP contribution is -2.30. The fourth-order valence-corrected chi connectivity index (χ4v) is 0.803. The zero-order valence-electron chi connectivity index (χ0n) is 4.62. The summed E-state index contributed by atoms with van der Waals surface area (Å²) in [4.78, 5) is 20.9. The van der Waals surface area contributed by atoms with E-state index in [1.165, 1.54) is 22.9 Å². The van der Waals surface area contributed by atoms with Gasteiger partial charge in [-0.05, 0) is 0 Å². The SMILES string of the molecule is O=c1ccn(F)c(=O)n1I. The van der Waals surface area contributed by atoms with E-state index in [-0.39, 0.29) is 4.79 Å². The van der Waals surface area contributed by atoms with Crippen LogP contribution in [-0.4, -0.2) is 7.57 Å². The lowest BCUT2D eigenvalue weighted by molar-refractivity contribution is 0.342. The van der Waals surface area contributed by atoms with E-state index in [1.807, 2.05) is 0 Å². The van der Waals surface area contributed by atoms with E-state index in [0.29, 0.717) is 2.78 Å². The molecule has 0 aromatic carbocycles. The van der Waals surface area contributed by atoms with Crippen molar-refractivity contribution in [1.82, 2.24) is 7.57 Å². The van der Waals surface area contributed by atoms with Crippen molar-refractivity contribution in [1.29, 1.82) is 0 Å². The molecule has 1 rings (SSSR count). The molecular formula is C4H2FIN2O2. The van der Waals surface area contributed by atoms with Crippen LogP contribution in [0.4, 0.5) is 4.48 Å². The minimum absolute atomic E-state index is 0.159. The molecule has 0 atom stereocenters. The fourth-order valence-electron chi connectivity index (χ4n) is 0.437. The van der Waals surface area contributed by atoms with Crippen LogP contribution in [0.3, 0.4) is 0 Å². The molecule has 1 heterocycles. The second kappa shape index (κ2) is 2.52. The monoisotopic (exact) mass is 256 g/mol. The molecular weight excluding hydrogens is 254 g/mol. The fraction of sp³-hybridized carbons (Fsp3) is 0. The van der Waals surface area contributed by atoms with E-state index in [9.17, 15) is 14.1 Å². The topological polar surface area (TPSA) is 44.0 Å². The molecule has 0 aliphatic rings. The first kappa shape index (κ1) is 7.45. The van der Waals surface area contributed by atoms with Crippen LogP contribution in [0.25, 0.3) is 0 Å². The van der Waals surface area contributed by atoms with Gasteiger partial charge in [0.2, 0.25) is 0 Å². The van der Waals surface area contributed by atoms with Crippen molar-refractivity contribution < 1.29 is 4.48 Å². The second-order valence-corrected chi connectivity index (χ2v) is 2.49. The van der Waals surface area contributed by atoms with Crippen LogP contribution in [0.15, 0.2) is 21.9 Å². The van der Waals surface area contributed by atoms with Crippen LogP contribution in [0, 0.1) is 0 Å². The molecule has 0 bridgehead atoms. The molecule has 54 valence electrons. The van der Waals surface area contributed by atoms with Crippen molar-refractivity contribution in [3.05, 3.63) is 33.1 Å². The van der Waals surface area contributed by atoms with Crippen LogP contribution in [-0.2, 0) is 0 Å². The van der Waals surface area contributed by atoms with Crippen molar-refractivity contribution >= 4 is 22.9 Å². The van der Waals surface area contributed by atoms with Gasteiger partial charge in [0.1, 0.15) is 0 Å². The Balaban J connectivity index is 3.66. The van der Waals surface area contributed by atoms with Crippen molar-refractivity contribution in [3.63, 3.8) is 0 Å². The molecule has 0 saturated carbocycles. The van der Waals surface area contributed by atoms with E-state index in [1.54, 1.807) is 0 Å². The second-order valence-electron chi connectivity index (χ2n) is 1.53. The molecule has 0 amide bonds. The molecule has 0 N–H and O–H groups in total. The predicted octanol–water partition coefficient (Wildman–Crippen LogP) is -0.0593. The Morgan fingerprint density at radius 3 is 2.60 bits per heavy atom. The Morgan fingerprint density at radius 2 is 2.10 bits per heavy atom. The largest absolute Gasteiger partial charge is 0.368 e. The van der Waals surface area contributed by atoms with E-state index in [2.05, 4.69) is 0 Å². The molecule has 0 spiro atoms. The number of hydrogen-bond acceptors (Lipinski definition) is 2. The number of halogens is 2. The van der Waals surface area contributed by atoms with Gasteiger partial charge in [-0.25, -0.2) is 4.79 Å². The highest BCUT2D eigenvalue weighted by Crippen LogP contribution is 1.80. The number of nitrogens with zero attached hydrogens (tertiary/aromatic N) is 2.